The molecule has 3 heteroatoms. The van der Waals surface area contributed by atoms with Gasteiger partial charge in [0.2, 0.25) is 0 Å². The molecule has 1 rings (SSSR count). The minimum absolute atomic E-state index is 0.488. The van der Waals surface area contributed by atoms with Crippen molar-refractivity contribution in [2.24, 2.45) is 0 Å². The Morgan fingerprint density at radius 2 is 2.27 bits per heavy atom. The van der Waals surface area contributed by atoms with Crippen LogP contribution in [0.5, 0.6) is 0 Å². The van der Waals surface area contributed by atoms with Crippen molar-refractivity contribution in [3.8, 4) is 0 Å². The number of ether oxygens (including phenoxy) is 1. The maximum Gasteiger partial charge on any atom is 0.411 e. The van der Waals surface area contributed by atoms with Crippen LogP contribution in [0.1, 0.15) is 4.11 Å². The predicted molar refractivity (Wildman–Crippen MR) is 42.5 cm³/mol. The van der Waals surface area contributed by atoms with E-state index in [0.29, 0.717) is 5.69 Å². The van der Waals surface area contributed by atoms with Crippen molar-refractivity contribution < 1.29 is 13.6 Å². The van der Waals surface area contributed by atoms with Gasteiger partial charge in [0.15, 0.2) is 0 Å². The Balaban J connectivity index is 2.50. The van der Waals surface area contributed by atoms with Crippen LogP contribution in [0, 0.1) is 0 Å². The zero-order valence-electron chi connectivity index (χ0n) is 8.70. The Morgan fingerprint density at radius 3 is 2.91 bits per heavy atom. The highest BCUT2D eigenvalue weighted by atomic mass is 16.5. The largest absolute Gasteiger partial charge is 0.453 e. The van der Waals surface area contributed by atoms with Crippen molar-refractivity contribution in [3.05, 3.63) is 30.3 Å². The van der Waals surface area contributed by atoms with Crippen molar-refractivity contribution in [1.82, 2.24) is 0 Å². The zero-order chi connectivity index (χ0) is 10.6. The third-order valence-electron chi connectivity index (χ3n) is 1.11. The molecule has 3 nitrogen and oxygen atoms in total. The number of methoxy groups -OCH3 is 1. The van der Waals surface area contributed by atoms with Gasteiger partial charge in [-0.3, -0.25) is 5.32 Å². The Labute approximate surface area is 69.2 Å². The molecule has 0 aromatic heterocycles. The molecule has 11 heavy (non-hydrogen) atoms. The van der Waals surface area contributed by atoms with Crippen molar-refractivity contribution in [2.75, 3.05) is 12.4 Å². The van der Waals surface area contributed by atoms with Crippen molar-refractivity contribution in [2.45, 2.75) is 0 Å². The third-order valence-corrected chi connectivity index (χ3v) is 1.11. The molecule has 0 radical (unpaired) electrons. The molecule has 0 saturated carbocycles. The number of carbonyl (C=O) groups excluding carboxylic acids is 1. The average Bonchev–Trinajstić information content (AvgIpc) is 2.02. The lowest BCUT2D eigenvalue weighted by atomic mass is 10.3. The van der Waals surface area contributed by atoms with E-state index in [0.717, 1.165) is 0 Å². The highest BCUT2D eigenvalue weighted by molar-refractivity contribution is 5.84. The number of nitrogens with one attached hydrogen (secondary N) is 1. The van der Waals surface area contributed by atoms with E-state index in [1.165, 1.54) is 0 Å². The number of hydrogen-bond donors (Lipinski definition) is 1. The Hall–Kier alpha value is -1.51. The topological polar surface area (TPSA) is 38.3 Å². The molecule has 1 aromatic rings. The monoisotopic (exact) mass is 154 g/mol. The lowest BCUT2D eigenvalue weighted by Gasteiger charge is -2.01. The summed E-state index contributed by atoms with van der Waals surface area (Å²) in [7, 11) is -2.71. The molecule has 0 bridgehead atoms. The molecule has 0 fully saturated rings. The second-order valence-electron chi connectivity index (χ2n) is 1.88. The smallest absolute Gasteiger partial charge is 0.411 e. The summed E-state index contributed by atoms with van der Waals surface area (Å²) in [6, 6.07) is 8.46. The van der Waals surface area contributed by atoms with E-state index in [2.05, 4.69) is 10.1 Å². The summed E-state index contributed by atoms with van der Waals surface area (Å²) < 4.78 is 24.1. The minimum atomic E-state index is -2.71. The van der Waals surface area contributed by atoms with Gasteiger partial charge in [0.05, 0.1) is 11.2 Å². The number of carbonyl (C=O) groups is 1. The van der Waals surface area contributed by atoms with Crippen LogP contribution >= 0.6 is 0 Å². The molecule has 0 spiro atoms. The maximum absolute atomic E-state index is 10.9. The number of anilines is 1. The predicted octanol–water partition coefficient (Wildman–Crippen LogP) is 1.86. The molecule has 0 unspecified atom stereocenters. The van der Waals surface area contributed by atoms with Crippen LogP contribution in [0.2, 0.25) is 0 Å². The number of benzene rings is 1. The highest BCUT2D eigenvalue weighted by Crippen LogP contribution is 2.04. The molecule has 1 N–H and O–H groups in total. The second-order valence-corrected chi connectivity index (χ2v) is 1.88. The van der Waals surface area contributed by atoms with Gasteiger partial charge in [-0.2, -0.15) is 0 Å². The van der Waals surface area contributed by atoms with E-state index < -0.39 is 13.1 Å². The van der Waals surface area contributed by atoms with E-state index in [-0.39, 0.29) is 0 Å². The summed E-state index contributed by atoms with van der Waals surface area (Å²) in [4.78, 5) is 10.9. The summed E-state index contributed by atoms with van der Waals surface area (Å²) in [6.45, 7) is 0. The van der Waals surface area contributed by atoms with Gasteiger partial charge in [0.1, 0.15) is 0 Å². The van der Waals surface area contributed by atoms with Gasteiger partial charge >= 0.3 is 6.09 Å². The SMILES string of the molecule is [2H]C([2H])([2H])OC(=O)Nc1ccccc1. The Kier molecular flexibility index (Phi) is 1.44. The van der Waals surface area contributed by atoms with Crippen molar-refractivity contribution in [1.29, 1.82) is 0 Å². The van der Waals surface area contributed by atoms with Crippen LogP contribution in [-0.2, 0) is 4.74 Å². The van der Waals surface area contributed by atoms with Gasteiger partial charge in [0.25, 0.3) is 0 Å². The average molecular weight is 154 g/mol. The Morgan fingerprint density at radius 1 is 1.55 bits per heavy atom. The molecular formula is C8H9NO2. The first-order valence-electron chi connectivity index (χ1n) is 4.52. The fourth-order valence-electron chi connectivity index (χ4n) is 0.665. The lowest BCUT2D eigenvalue weighted by molar-refractivity contribution is 0.187. The van der Waals surface area contributed by atoms with E-state index >= 15 is 0 Å². The van der Waals surface area contributed by atoms with Crippen LogP contribution in [0.15, 0.2) is 30.3 Å². The number of para-hydroxylation sites is 1. The number of amides is 1. The quantitative estimate of drug-likeness (QED) is 0.670. The van der Waals surface area contributed by atoms with E-state index in [1.54, 1.807) is 30.3 Å². The van der Waals surface area contributed by atoms with Gasteiger partial charge in [-0.05, 0) is 12.1 Å². The molecule has 0 aliphatic rings. The van der Waals surface area contributed by atoms with E-state index in [4.69, 9.17) is 4.11 Å². The fourth-order valence-corrected chi connectivity index (χ4v) is 0.665. The molecule has 0 heterocycles. The molecular weight excluding hydrogens is 142 g/mol. The van der Waals surface area contributed by atoms with E-state index in [1.807, 2.05) is 0 Å². The summed E-state index contributed by atoms with van der Waals surface area (Å²) >= 11 is 0. The molecule has 0 saturated heterocycles. The highest BCUT2D eigenvalue weighted by Gasteiger charge is 1.96. The van der Waals surface area contributed by atoms with Crippen LogP contribution < -0.4 is 5.32 Å². The summed E-state index contributed by atoms with van der Waals surface area (Å²) in [5, 5.41) is 2.28. The van der Waals surface area contributed by atoms with Gasteiger partial charge < -0.3 is 4.74 Å². The number of hydrogen-bond acceptors (Lipinski definition) is 2. The fraction of sp³-hybridized carbons (Fsp3) is 0.125. The normalized spacial score (nSPS) is 14.0. The molecule has 58 valence electrons. The van der Waals surface area contributed by atoms with Crippen molar-refractivity contribution in [3.63, 3.8) is 0 Å². The van der Waals surface area contributed by atoms with E-state index in [9.17, 15) is 4.79 Å². The first kappa shape index (κ1) is 4.38. The van der Waals surface area contributed by atoms with Crippen LogP contribution in [0.4, 0.5) is 10.5 Å². The minimum Gasteiger partial charge on any atom is -0.453 e. The number of rotatable bonds is 1. The maximum atomic E-state index is 10.9. The van der Waals surface area contributed by atoms with Gasteiger partial charge in [-0.1, -0.05) is 18.2 Å². The molecule has 0 atom stereocenters. The molecule has 0 aliphatic heterocycles. The summed E-state index contributed by atoms with van der Waals surface area (Å²) in [5.41, 5.74) is 0.488. The standard InChI is InChI=1S/C8H9NO2/c1-11-8(10)9-7-5-3-2-4-6-7/h2-6H,1H3,(H,9,10)/i1D3. The van der Waals surface area contributed by atoms with Gasteiger partial charge in [-0.15, -0.1) is 0 Å². The van der Waals surface area contributed by atoms with Crippen LogP contribution in [0.25, 0.3) is 0 Å². The third kappa shape index (κ3) is 2.29. The summed E-state index contributed by atoms with van der Waals surface area (Å²) in [6.07, 6.45) is -0.990. The molecule has 0 aliphatic carbocycles. The van der Waals surface area contributed by atoms with Crippen LogP contribution in [-0.4, -0.2) is 13.1 Å². The van der Waals surface area contributed by atoms with Gasteiger partial charge in [-0.25, -0.2) is 4.79 Å². The van der Waals surface area contributed by atoms with Crippen LogP contribution in [0.3, 0.4) is 0 Å². The zero-order valence-corrected chi connectivity index (χ0v) is 5.70. The van der Waals surface area contributed by atoms with Crippen molar-refractivity contribution >= 4 is 11.8 Å². The summed E-state index contributed by atoms with van der Waals surface area (Å²) in [5.74, 6) is 0. The molecule has 1 amide bonds. The van der Waals surface area contributed by atoms with Gasteiger partial charge in [0, 0.05) is 5.69 Å². The second kappa shape index (κ2) is 3.61. The first-order valence-corrected chi connectivity index (χ1v) is 3.02. The molecule has 1 aromatic carbocycles. The Bertz CT molecular complexity index is 310. The lowest BCUT2D eigenvalue weighted by Crippen LogP contribution is -2.10. The first-order chi connectivity index (χ1) is 6.47.